The highest BCUT2D eigenvalue weighted by Gasteiger charge is 2.29. The minimum Gasteiger partial charge on any atom is -0.382 e. The van der Waals surface area contributed by atoms with Gasteiger partial charge in [0, 0.05) is 12.2 Å². The summed E-state index contributed by atoms with van der Waals surface area (Å²) < 4.78 is 29.2. The molecule has 1 amide bonds. The predicted octanol–water partition coefficient (Wildman–Crippen LogP) is 3.90. The molecule has 162 valence electrons. The molecular formula is C22H24F2N6O. The lowest BCUT2D eigenvalue weighted by Gasteiger charge is -2.20. The molecule has 9 heteroatoms. The van der Waals surface area contributed by atoms with E-state index in [1.54, 1.807) is 16.6 Å². The van der Waals surface area contributed by atoms with Crippen LogP contribution in [0.4, 0.5) is 14.5 Å². The van der Waals surface area contributed by atoms with Gasteiger partial charge in [-0.05, 0) is 52.0 Å². The maximum absolute atomic E-state index is 13.9. The molecule has 1 atom stereocenters. The van der Waals surface area contributed by atoms with E-state index in [0.29, 0.717) is 22.6 Å². The molecule has 0 fully saturated rings. The van der Waals surface area contributed by atoms with Gasteiger partial charge in [0.2, 0.25) is 0 Å². The van der Waals surface area contributed by atoms with Crippen molar-refractivity contribution in [2.75, 3.05) is 11.9 Å². The van der Waals surface area contributed by atoms with Crippen LogP contribution in [0, 0.1) is 11.3 Å². The zero-order valence-corrected chi connectivity index (χ0v) is 17.8. The molecule has 0 saturated carbocycles. The highest BCUT2D eigenvalue weighted by atomic mass is 19.2. The number of anilines is 1. The second kappa shape index (κ2) is 8.68. The van der Waals surface area contributed by atoms with E-state index in [-0.39, 0.29) is 11.6 Å². The first-order chi connectivity index (χ1) is 14.6. The Morgan fingerprint density at radius 1 is 1.29 bits per heavy atom. The summed E-state index contributed by atoms with van der Waals surface area (Å²) >= 11 is 0. The van der Waals surface area contributed by atoms with E-state index in [9.17, 15) is 13.6 Å². The van der Waals surface area contributed by atoms with Gasteiger partial charge in [0.25, 0.3) is 5.91 Å². The fraction of sp³-hybridized carbons (Fsp3) is 0.364. The van der Waals surface area contributed by atoms with Crippen molar-refractivity contribution in [1.29, 1.82) is 5.26 Å². The molecular weight excluding hydrogens is 402 g/mol. The van der Waals surface area contributed by atoms with Crippen LogP contribution < -0.4 is 10.6 Å². The minimum absolute atomic E-state index is 0.0147. The molecule has 0 aromatic carbocycles. The number of fused-ring (bicyclic) bond motifs is 1. The molecule has 3 rings (SSSR count). The number of carbonyl (C=O) groups is 1. The summed E-state index contributed by atoms with van der Waals surface area (Å²) in [6, 6.07) is 9.13. The summed E-state index contributed by atoms with van der Waals surface area (Å²) in [5.41, 5.74) is 1.10. The van der Waals surface area contributed by atoms with E-state index >= 15 is 0 Å². The largest absolute Gasteiger partial charge is 0.382 e. The predicted molar refractivity (Wildman–Crippen MR) is 114 cm³/mol. The Morgan fingerprint density at radius 3 is 2.68 bits per heavy atom. The number of alkyl halides is 2. The highest BCUT2D eigenvalue weighted by molar-refractivity contribution is 6.00. The number of amides is 1. The summed E-state index contributed by atoms with van der Waals surface area (Å²) in [6.45, 7) is 5.65. The first-order valence-corrected chi connectivity index (χ1v) is 9.86. The number of carbonyl (C=O) groups excluding carboxylic acids is 1. The average molecular weight is 426 g/mol. The van der Waals surface area contributed by atoms with Crippen molar-refractivity contribution >= 4 is 17.1 Å². The molecule has 0 saturated heterocycles. The molecule has 0 radical (unpaired) electrons. The van der Waals surface area contributed by atoms with Crippen LogP contribution in [0.5, 0.6) is 0 Å². The zero-order chi connectivity index (χ0) is 22.8. The maximum atomic E-state index is 13.9. The van der Waals surface area contributed by atoms with Crippen LogP contribution in [-0.4, -0.2) is 44.9 Å². The maximum Gasteiger partial charge on any atom is 0.255 e. The van der Waals surface area contributed by atoms with E-state index < -0.39 is 24.3 Å². The van der Waals surface area contributed by atoms with Crippen LogP contribution >= 0.6 is 0 Å². The van der Waals surface area contributed by atoms with Gasteiger partial charge in [-0.15, -0.1) is 0 Å². The smallest absolute Gasteiger partial charge is 0.255 e. The Morgan fingerprint density at radius 2 is 2.03 bits per heavy atom. The van der Waals surface area contributed by atoms with Gasteiger partial charge in [0.05, 0.1) is 46.5 Å². The van der Waals surface area contributed by atoms with Gasteiger partial charge in [0.1, 0.15) is 11.7 Å². The van der Waals surface area contributed by atoms with Gasteiger partial charge in [-0.25, -0.2) is 13.3 Å². The van der Waals surface area contributed by atoms with E-state index in [1.165, 1.54) is 12.4 Å². The first-order valence-electron chi connectivity index (χ1n) is 9.86. The monoisotopic (exact) mass is 426 g/mol. The Balaban J connectivity index is 1.93. The topological polar surface area (TPSA) is 95.1 Å². The average Bonchev–Trinajstić information content (AvgIpc) is 3.13. The summed E-state index contributed by atoms with van der Waals surface area (Å²) in [4.78, 5) is 17.0. The van der Waals surface area contributed by atoms with Crippen LogP contribution in [0.2, 0.25) is 0 Å². The molecule has 0 spiro atoms. The number of aromatic nitrogens is 3. The Labute approximate surface area is 179 Å². The van der Waals surface area contributed by atoms with Crippen LogP contribution in [0.15, 0.2) is 36.7 Å². The molecule has 0 aliphatic carbocycles. The molecule has 0 bridgehead atoms. The number of pyridine rings is 1. The highest BCUT2D eigenvalue weighted by Crippen LogP contribution is 2.26. The number of rotatable bonds is 7. The van der Waals surface area contributed by atoms with Crippen molar-refractivity contribution in [3.8, 4) is 17.5 Å². The van der Waals surface area contributed by atoms with Gasteiger partial charge < -0.3 is 10.6 Å². The Kier molecular flexibility index (Phi) is 6.20. The Bertz CT molecular complexity index is 1140. The summed E-state index contributed by atoms with van der Waals surface area (Å²) in [6.07, 6.45) is 1.03. The quantitative estimate of drug-likeness (QED) is 0.597. The van der Waals surface area contributed by atoms with Crippen LogP contribution in [0.25, 0.3) is 16.9 Å². The summed E-state index contributed by atoms with van der Waals surface area (Å²) in [7, 11) is 0. The van der Waals surface area contributed by atoms with E-state index in [4.69, 9.17) is 5.26 Å². The third kappa shape index (κ3) is 4.97. The second-order valence-corrected chi connectivity index (χ2v) is 8.07. The molecule has 2 N–H and O–H groups in total. The van der Waals surface area contributed by atoms with Gasteiger partial charge in [-0.3, -0.25) is 9.78 Å². The van der Waals surface area contributed by atoms with Gasteiger partial charge in [-0.2, -0.15) is 10.4 Å². The summed E-state index contributed by atoms with van der Waals surface area (Å²) in [5, 5.41) is 19.0. The molecule has 3 aromatic rings. The number of halogens is 2. The molecule has 0 aliphatic rings. The second-order valence-electron chi connectivity index (χ2n) is 8.07. The van der Waals surface area contributed by atoms with Crippen molar-refractivity contribution in [2.24, 2.45) is 0 Å². The SMILES string of the molecule is CC(C)Nc1cc(-c2ccc3cc(C#N)cnn23)ncc1C(=O)NCC(F)C(C)(C)F. The lowest BCUT2D eigenvalue weighted by Crippen LogP contribution is -2.39. The van der Waals surface area contributed by atoms with E-state index in [1.807, 2.05) is 26.0 Å². The third-order valence-corrected chi connectivity index (χ3v) is 4.67. The number of nitriles is 1. The van der Waals surface area contributed by atoms with Crippen molar-refractivity contribution in [1.82, 2.24) is 19.9 Å². The lowest BCUT2D eigenvalue weighted by atomic mass is 10.1. The number of nitrogens with zero attached hydrogens (tertiary/aromatic N) is 4. The fourth-order valence-electron chi connectivity index (χ4n) is 2.98. The number of hydrogen-bond acceptors (Lipinski definition) is 5. The van der Waals surface area contributed by atoms with Crippen molar-refractivity contribution in [3.63, 3.8) is 0 Å². The molecule has 31 heavy (non-hydrogen) atoms. The van der Waals surface area contributed by atoms with E-state index in [0.717, 1.165) is 19.4 Å². The van der Waals surface area contributed by atoms with Gasteiger partial charge in [-0.1, -0.05) is 0 Å². The molecule has 3 aromatic heterocycles. The van der Waals surface area contributed by atoms with Gasteiger partial charge in [0.15, 0.2) is 6.17 Å². The van der Waals surface area contributed by atoms with Crippen molar-refractivity contribution in [3.05, 3.63) is 47.8 Å². The molecule has 3 heterocycles. The molecule has 0 aliphatic heterocycles. The van der Waals surface area contributed by atoms with Crippen LogP contribution in [0.1, 0.15) is 43.6 Å². The molecule has 7 nitrogen and oxygen atoms in total. The Hall–Kier alpha value is -3.54. The minimum atomic E-state index is -2.05. The fourth-order valence-corrected chi connectivity index (χ4v) is 2.98. The number of hydrogen-bond donors (Lipinski definition) is 2. The number of nitrogens with one attached hydrogen (secondary N) is 2. The third-order valence-electron chi connectivity index (χ3n) is 4.67. The standard InChI is InChI=1S/C22H24F2N6O/c1-13(2)29-17-8-18(19-6-5-15-7-14(9-25)10-28-30(15)19)26-11-16(17)21(31)27-12-20(23)22(3,4)24/h5-8,10-11,13,20H,12H2,1-4H3,(H,26,29)(H,27,31). The van der Waals surface area contributed by atoms with Crippen LogP contribution in [0.3, 0.4) is 0 Å². The summed E-state index contributed by atoms with van der Waals surface area (Å²) in [5.74, 6) is -0.550. The molecule has 1 unspecified atom stereocenters. The van der Waals surface area contributed by atoms with Crippen LogP contribution in [-0.2, 0) is 0 Å². The first kappa shape index (κ1) is 22.2. The van der Waals surface area contributed by atoms with Crippen molar-refractivity contribution < 1.29 is 13.6 Å². The van der Waals surface area contributed by atoms with Gasteiger partial charge >= 0.3 is 0 Å². The normalized spacial score (nSPS) is 12.6. The zero-order valence-electron chi connectivity index (χ0n) is 17.8. The van der Waals surface area contributed by atoms with E-state index in [2.05, 4.69) is 26.8 Å². The van der Waals surface area contributed by atoms with Crippen molar-refractivity contribution in [2.45, 2.75) is 45.6 Å². The lowest BCUT2D eigenvalue weighted by molar-refractivity contribution is 0.0759.